The quantitative estimate of drug-likeness (QED) is 0.705. The van der Waals surface area contributed by atoms with Crippen LogP contribution in [0.15, 0.2) is 12.2 Å². The summed E-state index contributed by atoms with van der Waals surface area (Å²) in [7, 11) is 0. The molecule has 2 aliphatic rings. The van der Waals surface area contributed by atoms with Crippen molar-refractivity contribution >= 4 is 0 Å². The first kappa shape index (κ1) is 16.0. The zero-order chi connectivity index (χ0) is 14.2. The van der Waals surface area contributed by atoms with Crippen LogP contribution in [0.2, 0.25) is 0 Å². The number of rotatable bonds is 7. The molecule has 2 N–H and O–H groups in total. The molecular weight excluding hydrogens is 250 g/mol. The summed E-state index contributed by atoms with van der Waals surface area (Å²) < 4.78 is 5.83. The number of allylic oxidation sites excluding steroid dienone is 2. The second-order valence-electron chi connectivity index (χ2n) is 6.68. The van der Waals surface area contributed by atoms with E-state index in [0.717, 1.165) is 31.2 Å². The third-order valence-electron chi connectivity index (χ3n) is 4.68. The molecule has 0 heterocycles. The summed E-state index contributed by atoms with van der Waals surface area (Å²) in [6.07, 6.45) is 13.1. The van der Waals surface area contributed by atoms with Gasteiger partial charge in [0.15, 0.2) is 0 Å². The van der Waals surface area contributed by atoms with Gasteiger partial charge < -0.3 is 15.2 Å². The molecule has 0 radical (unpaired) electrons. The topological polar surface area (TPSA) is 41.5 Å². The van der Waals surface area contributed by atoms with Crippen LogP contribution in [0.3, 0.4) is 0 Å². The molecule has 0 amide bonds. The van der Waals surface area contributed by atoms with E-state index in [9.17, 15) is 5.11 Å². The lowest BCUT2D eigenvalue weighted by molar-refractivity contribution is -0.0279. The molecule has 0 aromatic carbocycles. The maximum absolute atomic E-state index is 9.96. The van der Waals surface area contributed by atoms with Crippen LogP contribution in [0, 0.1) is 11.8 Å². The maximum atomic E-state index is 9.96. The van der Waals surface area contributed by atoms with Crippen LogP contribution in [0.4, 0.5) is 0 Å². The standard InChI is InChI=1S/C17H31NO2/c1-14-7-9-17(10-8-14)20-13-16(19)12-18-11-15-5-3-2-4-6-15/h2-3,14-19H,4-13H2,1H3. The molecule has 0 aromatic rings. The van der Waals surface area contributed by atoms with Crippen molar-refractivity contribution in [3.05, 3.63) is 12.2 Å². The molecule has 0 bridgehead atoms. The fourth-order valence-electron chi connectivity index (χ4n) is 3.20. The third kappa shape index (κ3) is 5.94. The Balaban J connectivity index is 1.49. The van der Waals surface area contributed by atoms with Gasteiger partial charge in [-0.2, -0.15) is 0 Å². The molecular formula is C17H31NO2. The van der Waals surface area contributed by atoms with Crippen molar-refractivity contribution < 1.29 is 9.84 Å². The third-order valence-corrected chi connectivity index (χ3v) is 4.68. The van der Waals surface area contributed by atoms with Gasteiger partial charge in [-0.05, 0) is 63.3 Å². The minimum atomic E-state index is -0.367. The molecule has 1 fully saturated rings. The normalized spacial score (nSPS) is 32.2. The number of nitrogens with one attached hydrogen (secondary N) is 1. The smallest absolute Gasteiger partial charge is 0.0897 e. The lowest BCUT2D eigenvalue weighted by Crippen LogP contribution is -2.35. The summed E-state index contributed by atoms with van der Waals surface area (Å²) in [4.78, 5) is 0. The zero-order valence-corrected chi connectivity index (χ0v) is 12.9. The first-order valence-corrected chi connectivity index (χ1v) is 8.39. The first-order valence-electron chi connectivity index (χ1n) is 8.39. The predicted molar refractivity (Wildman–Crippen MR) is 82.7 cm³/mol. The fourth-order valence-corrected chi connectivity index (χ4v) is 3.20. The van der Waals surface area contributed by atoms with E-state index < -0.39 is 0 Å². The van der Waals surface area contributed by atoms with E-state index in [1.807, 2.05) is 0 Å². The van der Waals surface area contributed by atoms with Gasteiger partial charge in [-0.15, -0.1) is 0 Å². The molecule has 0 saturated heterocycles. The number of aliphatic hydroxyl groups is 1. The Hall–Kier alpha value is -0.380. The van der Waals surface area contributed by atoms with Crippen molar-refractivity contribution in [3.63, 3.8) is 0 Å². The lowest BCUT2D eigenvalue weighted by atomic mass is 9.89. The van der Waals surface area contributed by atoms with Crippen molar-refractivity contribution in [2.45, 2.75) is 64.1 Å². The highest BCUT2D eigenvalue weighted by Crippen LogP contribution is 2.25. The van der Waals surface area contributed by atoms with Crippen LogP contribution in [-0.2, 0) is 4.74 Å². The van der Waals surface area contributed by atoms with Crippen molar-refractivity contribution in [2.24, 2.45) is 11.8 Å². The van der Waals surface area contributed by atoms with Crippen LogP contribution in [0.1, 0.15) is 51.9 Å². The summed E-state index contributed by atoms with van der Waals surface area (Å²) >= 11 is 0. The number of ether oxygens (including phenoxy) is 1. The Bertz CT molecular complexity index is 285. The van der Waals surface area contributed by atoms with Gasteiger partial charge in [-0.25, -0.2) is 0 Å². The highest BCUT2D eigenvalue weighted by Gasteiger charge is 2.19. The summed E-state index contributed by atoms with van der Waals surface area (Å²) in [5.41, 5.74) is 0. The SMILES string of the molecule is CC1CCC(OCC(O)CNCC2CC=CCC2)CC1. The van der Waals surface area contributed by atoms with Crippen LogP contribution in [0.25, 0.3) is 0 Å². The van der Waals surface area contributed by atoms with Crippen molar-refractivity contribution in [2.75, 3.05) is 19.7 Å². The fraction of sp³-hybridized carbons (Fsp3) is 0.882. The van der Waals surface area contributed by atoms with E-state index in [1.54, 1.807) is 0 Å². The van der Waals surface area contributed by atoms with E-state index >= 15 is 0 Å². The Morgan fingerprint density at radius 1 is 1.20 bits per heavy atom. The van der Waals surface area contributed by atoms with Crippen molar-refractivity contribution in [1.29, 1.82) is 0 Å². The summed E-state index contributed by atoms with van der Waals surface area (Å²) in [6, 6.07) is 0. The van der Waals surface area contributed by atoms with Gasteiger partial charge in [0.1, 0.15) is 0 Å². The number of aliphatic hydroxyl groups excluding tert-OH is 1. The highest BCUT2D eigenvalue weighted by atomic mass is 16.5. The van der Waals surface area contributed by atoms with Gasteiger partial charge in [0.25, 0.3) is 0 Å². The Labute approximate surface area is 123 Å². The van der Waals surface area contributed by atoms with E-state index in [0.29, 0.717) is 19.3 Å². The summed E-state index contributed by atoms with van der Waals surface area (Å²) in [5, 5.41) is 13.3. The first-order chi connectivity index (χ1) is 9.74. The van der Waals surface area contributed by atoms with E-state index in [1.165, 1.54) is 32.1 Å². The van der Waals surface area contributed by atoms with Crippen molar-refractivity contribution in [1.82, 2.24) is 5.32 Å². The molecule has 0 spiro atoms. The Morgan fingerprint density at radius 3 is 2.70 bits per heavy atom. The Kier molecular flexibility index (Phi) is 7.05. The van der Waals surface area contributed by atoms with E-state index in [2.05, 4.69) is 24.4 Å². The van der Waals surface area contributed by atoms with E-state index in [4.69, 9.17) is 4.74 Å². The predicted octanol–water partition coefficient (Wildman–Crippen LogP) is 2.89. The summed E-state index contributed by atoms with van der Waals surface area (Å²) in [6.45, 7) is 4.47. The molecule has 20 heavy (non-hydrogen) atoms. The molecule has 0 aliphatic heterocycles. The van der Waals surface area contributed by atoms with Crippen LogP contribution in [0.5, 0.6) is 0 Å². The van der Waals surface area contributed by atoms with Gasteiger partial charge >= 0.3 is 0 Å². The second kappa shape index (κ2) is 8.81. The van der Waals surface area contributed by atoms with Crippen LogP contribution < -0.4 is 5.32 Å². The minimum absolute atomic E-state index is 0.367. The van der Waals surface area contributed by atoms with Crippen LogP contribution in [-0.4, -0.2) is 37.0 Å². The van der Waals surface area contributed by atoms with Crippen LogP contribution >= 0.6 is 0 Å². The molecule has 116 valence electrons. The maximum Gasteiger partial charge on any atom is 0.0897 e. The van der Waals surface area contributed by atoms with Gasteiger partial charge in [-0.3, -0.25) is 0 Å². The van der Waals surface area contributed by atoms with Crippen molar-refractivity contribution in [3.8, 4) is 0 Å². The van der Waals surface area contributed by atoms with Gasteiger partial charge in [0, 0.05) is 6.54 Å². The molecule has 2 atom stereocenters. The monoisotopic (exact) mass is 281 g/mol. The number of hydrogen-bond acceptors (Lipinski definition) is 3. The lowest BCUT2D eigenvalue weighted by Gasteiger charge is -2.27. The summed E-state index contributed by atoms with van der Waals surface area (Å²) in [5.74, 6) is 1.60. The average Bonchev–Trinajstić information content (AvgIpc) is 2.48. The number of hydrogen-bond donors (Lipinski definition) is 2. The molecule has 1 saturated carbocycles. The Morgan fingerprint density at radius 2 is 2.00 bits per heavy atom. The molecule has 2 aliphatic carbocycles. The second-order valence-corrected chi connectivity index (χ2v) is 6.68. The van der Waals surface area contributed by atoms with Gasteiger partial charge in [0.05, 0.1) is 18.8 Å². The molecule has 3 nitrogen and oxygen atoms in total. The van der Waals surface area contributed by atoms with Gasteiger partial charge in [0.2, 0.25) is 0 Å². The molecule has 2 unspecified atom stereocenters. The zero-order valence-electron chi connectivity index (χ0n) is 12.9. The highest BCUT2D eigenvalue weighted by molar-refractivity contribution is 4.90. The average molecular weight is 281 g/mol. The molecule has 2 rings (SSSR count). The molecule has 3 heteroatoms. The minimum Gasteiger partial charge on any atom is -0.389 e. The largest absolute Gasteiger partial charge is 0.389 e. The van der Waals surface area contributed by atoms with Gasteiger partial charge in [-0.1, -0.05) is 19.1 Å². The van der Waals surface area contributed by atoms with E-state index in [-0.39, 0.29) is 6.10 Å². The molecule has 0 aromatic heterocycles.